The van der Waals surface area contributed by atoms with Gasteiger partial charge in [0, 0.05) is 5.69 Å². The molecule has 0 aliphatic heterocycles. The van der Waals surface area contributed by atoms with E-state index in [2.05, 4.69) is 15.6 Å². The fourth-order valence-electron chi connectivity index (χ4n) is 2.30. The number of carbonyl (C=O) groups is 3. The van der Waals surface area contributed by atoms with E-state index in [4.69, 9.17) is 14.2 Å². The van der Waals surface area contributed by atoms with Gasteiger partial charge in [0.1, 0.15) is 12.3 Å². The van der Waals surface area contributed by atoms with Crippen molar-refractivity contribution < 1.29 is 28.6 Å². The van der Waals surface area contributed by atoms with Crippen LogP contribution in [0.1, 0.15) is 41.7 Å². The average Bonchev–Trinajstić information content (AvgIpc) is 3.07. The van der Waals surface area contributed by atoms with Gasteiger partial charge < -0.3 is 19.5 Å². The number of ether oxygens (including phenoxy) is 3. The predicted octanol–water partition coefficient (Wildman–Crippen LogP) is 1.67. The van der Waals surface area contributed by atoms with Gasteiger partial charge in [0.05, 0.1) is 19.8 Å². The molecule has 0 atom stereocenters. The van der Waals surface area contributed by atoms with Gasteiger partial charge in [-0.05, 0) is 45.0 Å². The molecule has 10 nitrogen and oxygen atoms in total. The second-order valence-electron chi connectivity index (χ2n) is 5.39. The molecule has 0 aliphatic carbocycles. The first-order chi connectivity index (χ1) is 13.5. The highest BCUT2D eigenvalue weighted by Gasteiger charge is 2.28. The summed E-state index contributed by atoms with van der Waals surface area (Å²) in [4.78, 5) is 36.5. The molecule has 1 amide bonds. The van der Waals surface area contributed by atoms with Crippen molar-refractivity contribution in [2.24, 2.45) is 0 Å². The van der Waals surface area contributed by atoms with Crippen LogP contribution in [0.15, 0.2) is 24.3 Å². The maximum atomic E-state index is 12.3. The van der Waals surface area contributed by atoms with E-state index in [9.17, 15) is 14.4 Å². The molecular formula is C18H22N4O6. The fourth-order valence-corrected chi connectivity index (χ4v) is 2.30. The number of nitrogens with one attached hydrogen (secondary N) is 1. The Bertz CT molecular complexity index is 831. The molecule has 150 valence electrons. The lowest BCUT2D eigenvalue weighted by molar-refractivity contribution is -0.116. The van der Waals surface area contributed by atoms with Crippen LogP contribution in [0.4, 0.5) is 5.69 Å². The zero-order valence-electron chi connectivity index (χ0n) is 15.9. The average molecular weight is 390 g/mol. The van der Waals surface area contributed by atoms with E-state index in [1.165, 1.54) is 0 Å². The van der Waals surface area contributed by atoms with E-state index in [-0.39, 0.29) is 31.1 Å². The minimum absolute atomic E-state index is 0.0880. The van der Waals surface area contributed by atoms with Crippen LogP contribution in [0.2, 0.25) is 0 Å². The number of nitrogens with zero attached hydrogens (tertiary/aromatic N) is 3. The lowest BCUT2D eigenvalue weighted by Gasteiger charge is -2.09. The molecule has 1 N–H and O–H groups in total. The zero-order chi connectivity index (χ0) is 20.5. The third-order valence-corrected chi connectivity index (χ3v) is 3.42. The Kier molecular flexibility index (Phi) is 7.49. The maximum Gasteiger partial charge on any atom is 0.361 e. The summed E-state index contributed by atoms with van der Waals surface area (Å²) < 4.78 is 16.2. The van der Waals surface area contributed by atoms with Crippen LogP contribution in [0, 0.1) is 0 Å². The highest BCUT2D eigenvalue weighted by molar-refractivity contribution is 6.01. The lowest BCUT2D eigenvalue weighted by atomic mass is 10.3. The molecule has 0 spiro atoms. The van der Waals surface area contributed by atoms with Crippen LogP contribution < -0.4 is 10.1 Å². The van der Waals surface area contributed by atoms with Crippen LogP contribution in [-0.4, -0.2) is 52.7 Å². The highest BCUT2D eigenvalue weighted by atomic mass is 16.5. The molecule has 1 heterocycles. The van der Waals surface area contributed by atoms with Crippen molar-refractivity contribution in [3.8, 4) is 5.75 Å². The third-order valence-electron chi connectivity index (χ3n) is 3.42. The molecule has 28 heavy (non-hydrogen) atoms. The monoisotopic (exact) mass is 390 g/mol. The van der Waals surface area contributed by atoms with Crippen molar-refractivity contribution in [1.29, 1.82) is 0 Å². The zero-order valence-corrected chi connectivity index (χ0v) is 15.9. The van der Waals surface area contributed by atoms with E-state index in [0.29, 0.717) is 18.0 Å². The largest absolute Gasteiger partial charge is 0.494 e. The molecule has 0 bridgehead atoms. The van der Waals surface area contributed by atoms with Crippen molar-refractivity contribution in [2.75, 3.05) is 25.1 Å². The van der Waals surface area contributed by atoms with Crippen LogP contribution in [0.25, 0.3) is 0 Å². The standard InChI is InChI=1S/C18H22N4O6/c1-4-26-13-9-7-12(8-10-13)19-14(23)11-22-16(18(25)28-6-3)15(20-21-22)17(24)27-5-2/h7-10H,4-6,11H2,1-3H3,(H,19,23). The summed E-state index contributed by atoms with van der Waals surface area (Å²) in [5, 5.41) is 10.1. The Morgan fingerprint density at radius 2 is 1.61 bits per heavy atom. The molecule has 10 heteroatoms. The van der Waals surface area contributed by atoms with E-state index in [0.717, 1.165) is 4.68 Å². The van der Waals surface area contributed by atoms with E-state index < -0.39 is 17.8 Å². The van der Waals surface area contributed by atoms with Gasteiger partial charge in [-0.2, -0.15) is 0 Å². The van der Waals surface area contributed by atoms with Gasteiger partial charge in [0.2, 0.25) is 11.6 Å². The second-order valence-corrected chi connectivity index (χ2v) is 5.39. The van der Waals surface area contributed by atoms with Gasteiger partial charge in [-0.1, -0.05) is 5.21 Å². The van der Waals surface area contributed by atoms with Crippen molar-refractivity contribution in [3.63, 3.8) is 0 Å². The summed E-state index contributed by atoms with van der Waals surface area (Å²) in [6, 6.07) is 6.80. The number of anilines is 1. The molecular weight excluding hydrogens is 368 g/mol. The summed E-state index contributed by atoms with van der Waals surface area (Å²) in [5.74, 6) is -1.41. The molecule has 0 aliphatic rings. The number of rotatable bonds is 9. The molecule has 0 saturated carbocycles. The SMILES string of the molecule is CCOC(=O)c1nnn(CC(=O)Nc2ccc(OCC)cc2)c1C(=O)OCC. The van der Waals surface area contributed by atoms with E-state index >= 15 is 0 Å². The summed E-state index contributed by atoms with van der Waals surface area (Å²) >= 11 is 0. The van der Waals surface area contributed by atoms with Crippen LogP contribution >= 0.6 is 0 Å². The number of esters is 2. The van der Waals surface area contributed by atoms with Gasteiger partial charge in [-0.25, -0.2) is 14.3 Å². The molecule has 0 saturated heterocycles. The van der Waals surface area contributed by atoms with Crippen LogP contribution in [-0.2, 0) is 20.8 Å². The van der Waals surface area contributed by atoms with Crippen molar-refractivity contribution >= 4 is 23.5 Å². The molecule has 0 fully saturated rings. The van der Waals surface area contributed by atoms with Crippen molar-refractivity contribution in [3.05, 3.63) is 35.7 Å². The molecule has 2 aromatic rings. The quantitative estimate of drug-likeness (QED) is 0.642. The highest BCUT2D eigenvalue weighted by Crippen LogP contribution is 2.16. The lowest BCUT2D eigenvalue weighted by Crippen LogP contribution is -2.24. The van der Waals surface area contributed by atoms with Crippen LogP contribution in [0.5, 0.6) is 5.75 Å². The summed E-state index contributed by atoms with van der Waals surface area (Å²) in [6.07, 6.45) is 0. The Hall–Kier alpha value is -3.43. The van der Waals surface area contributed by atoms with Gasteiger partial charge in [-0.3, -0.25) is 4.79 Å². The minimum atomic E-state index is -0.816. The number of amides is 1. The molecule has 1 aromatic heterocycles. The number of hydrogen-bond acceptors (Lipinski definition) is 8. The second kappa shape index (κ2) is 10.0. The van der Waals surface area contributed by atoms with Gasteiger partial charge in [0.25, 0.3) is 0 Å². The van der Waals surface area contributed by atoms with Gasteiger partial charge >= 0.3 is 11.9 Å². The summed E-state index contributed by atoms with van der Waals surface area (Å²) in [7, 11) is 0. The Balaban J connectivity index is 2.16. The number of hydrogen-bond donors (Lipinski definition) is 1. The minimum Gasteiger partial charge on any atom is -0.494 e. The first-order valence-electron chi connectivity index (χ1n) is 8.80. The normalized spacial score (nSPS) is 10.2. The molecule has 0 radical (unpaired) electrons. The summed E-state index contributed by atoms with van der Waals surface area (Å²) in [5.41, 5.74) is 0.00757. The topological polar surface area (TPSA) is 122 Å². The smallest absolute Gasteiger partial charge is 0.361 e. The predicted molar refractivity (Wildman–Crippen MR) is 98.2 cm³/mol. The van der Waals surface area contributed by atoms with Crippen LogP contribution in [0.3, 0.4) is 0 Å². The number of aromatic nitrogens is 3. The Labute approximate surface area is 161 Å². The third kappa shape index (κ3) is 5.29. The molecule has 2 rings (SSSR count). The molecule has 1 aromatic carbocycles. The van der Waals surface area contributed by atoms with E-state index in [1.807, 2.05) is 6.92 Å². The van der Waals surface area contributed by atoms with Gasteiger partial charge in [-0.15, -0.1) is 5.10 Å². The van der Waals surface area contributed by atoms with Crippen molar-refractivity contribution in [1.82, 2.24) is 15.0 Å². The summed E-state index contributed by atoms with van der Waals surface area (Å²) in [6.45, 7) is 5.51. The maximum absolute atomic E-state index is 12.3. The van der Waals surface area contributed by atoms with Crippen molar-refractivity contribution in [2.45, 2.75) is 27.3 Å². The molecule has 0 unspecified atom stereocenters. The van der Waals surface area contributed by atoms with E-state index in [1.54, 1.807) is 38.1 Å². The Morgan fingerprint density at radius 1 is 0.964 bits per heavy atom. The first-order valence-corrected chi connectivity index (χ1v) is 8.80. The Morgan fingerprint density at radius 3 is 2.21 bits per heavy atom. The first kappa shape index (κ1) is 20.9. The number of benzene rings is 1. The van der Waals surface area contributed by atoms with Gasteiger partial charge in [0.15, 0.2) is 5.69 Å². The number of carbonyl (C=O) groups excluding carboxylic acids is 3. The fraction of sp³-hybridized carbons (Fsp3) is 0.389.